The van der Waals surface area contributed by atoms with Crippen molar-refractivity contribution in [3.05, 3.63) is 54.1 Å². The molecule has 1 aromatic carbocycles. The molecule has 2 aliphatic rings. The van der Waals surface area contributed by atoms with E-state index in [1.165, 1.54) is 30.8 Å². The molecule has 3 aromatic rings. The van der Waals surface area contributed by atoms with Crippen LogP contribution in [0.2, 0.25) is 0 Å². The Hall–Kier alpha value is -2.49. The van der Waals surface area contributed by atoms with E-state index in [1.54, 1.807) is 11.3 Å². The SMILES string of the molecule is CCCN1CCN(c2nnc(-n3cccc3CN3CCN(c4ccc(F)cc4)CC3)s2)CC1. The van der Waals surface area contributed by atoms with Crippen molar-refractivity contribution in [1.82, 2.24) is 24.6 Å². The second-order valence-corrected chi connectivity index (χ2v) is 9.74. The Morgan fingerprint density at radius 1 is 0.818 bits per heavy atom. The number of hydrogen-bond donors (Lipinski definition) is 0. The molecule has 9 heteroatoms. The molecule has 0 N–H and O–H groups in total. The Kier molecular flexibility index (Phi) is 6.89. The zero-order chi connectivity index (χ0) is 22.6. The monoisotopic (exact) mass is 469 g/mol. The van der Waals surface area contributed by atoms with Crippen molar-refractivity contribution in [2.75, 3.05) is 68.7 Å². The van der Waals surface area contributed by atoms with Gasteiger partial charge in [0.15, 0.2) is 0 Å². The summed E-state index contributed by atoms with van der Waals surface area (Å²) >= 11 is 1.68. The van der Waals surface area contributed by atoms with Crippen LogP contribution in [0.1, 0.15) is 19.0 Å². The van der Waals surface area contributed by atoms with Gasteiger partial charge in [0.25, 0.3) is 0 Å². The van der Waals surface area contributed by atoms with Gasteiger partial charge in [0.1, 0.15) is 5.82 Å². The number of hydrogen-bond acceptors (Lipinski definition) is 7. The Morgan fingerprint density at radius 3 is 2.21 bits per heavy atom. The van der Waals surface area contributed by atoms with Crippen molar-refractivity contribution >= 4 is 22.2 Å². The molecule has 7 nitrogen and oxygen atoms in total. The normalized spacial score (nSPS) is 18.2. The maximum Gasteiger partial charge on any atom is 0.218 e. The molecule has 2 aromatic heterocycles. The van der Waals surface area contributed by atoms with E-state index in [1.807, 2.05) is 12.1 Å². The van der Waals surface area contributed by atoms with Gasteiger partial charge in [0.2, 0.25) is 10.3 Å². The summed E-state index contributed by atoms with van der Waals surface area (Å²) < 4.78 is 15.4. The number of benzene rings is 1. The summed E-state index contributed by atoms with van der Waals surface area (Å²) in [7, 11) is 0. The third kappa shape index (κ3) is 5.20. The van der Waals surface area contributed by atoms with E-state index in [2.05, 4.69) is 59.6 Å². The molecule has 2 saturated heterocycles. The summed E-state index contributed by atoms with van der Waals surface area (Å²) in [6.45, 7) is 12.4. The molecule has 2 aliphatic heterocycles. The van der Waals surface area contributed by atoms with Crippen LogP contribution >= 0.6 is 11.3 Å². The first-order chi connectivity index (χ1) is 16.2. The van der Waals surface area contributed by atoms with E-state index in [4.69, 9.17) is 0 Å². The molecular formula is C24H32FN7S. The molecule has 33 heavy (non-hydrogen) atoms. The van der Waals surface area contributed by atoms with Gasteiger partial charge in [-0.1, -0.05) is 18.3 Å². The fourth-order valence-electron chi connectivity index (χ4n) is 4.69. The molecule has 2 fully saturated rings. The molecule has 0 aliphatic carbocycles. The molecule has 0 spiro atoms. The van der Waals surface area contributed by atoms with E-state index < -0.39 is 0 Å². The lowest BCUT2D eigenvalue weighted by Crippen LogP contribution is -2.46. The third-order valence-corrected chi connectivity index (χ3v) is 7.56. The quantitative estimate of drug-likeness (QED) is 0.529. The summed E-state index contributed by atoms with van der Waals surface area (Å²) in [4.78, 5) is 9.69. The van der Waals surface area contributed by atoms with Crippen LogP contribution in [0.25, 0.3) is 5.13 Å². The Morgan fingerprint density at radius 2 is 1.48 bits per heavy atom. The van der Waals surface area contributed by atoms with Crippen LogP contribution in [0.15, 0.2) is 42.6 Å². The first-order valence-corrected chi connectivity index (χ1v) is 12.7. The van der Waals surface area contributed by atoms with E-state index in [9.17, 15) is 4.39 Å². The van der Waals surface area contributed by atoms with E-state index in [-0.39, 0.29) is 5.82 Å². The highest BCUT2D eigenvalue weighted by Gasteiger charge is 2.22. The number of piperazine rings is 2. The lowest BCUT2D eigenvalue weighted by Gasteiger charge is -2.36. The minimum absolute atomic E-state index is 0.184. The third-order valence-electron chi connectivity index (χ3n) is 6.58. The lowest BCUT2D eigenvalue weighted by atomic mass is 10.2. The topological polar surface area (TPSA) is 43.7 Å². The zero-order valence-corrected chi connectivity index (χ0v) is 20.1. The van der Waals surface area contributed by atoms with Crippen molar-refractivity contribution in [3.8, 4) is 5.13 Å². The first kappa shape index (κ1) is 22.3. The van der Waals surface area contributed by atoms with Crippen LogP contribution in [0.5, 0.6) is 0 Å². The van der Waals surface area contributed by atoms with Crippen molar-refractivity contribution in [1.29, 1.82) is 0 Å². The first-order valence-electron chi connectivity index (χ1n) is 11.9. The molecule has 0 atom stereocenters. The molecule has 0 bridgehead atoms. The standard InChI is InChI=1S/C24H32FN7S/c1-2-9-28-11-17-31(18-12-28)23-26-27-24(33-23)32-10-3-4-22(32)19-29-13-15-30(16-14-29)21-7-5-20(25)6-8-21/h3-8,10H,2,9,11-19H2,1H3. The van der Waals surface area contributed by atoms with Gasteiger partial charge in [0.05, 0.1) is 0 Å². The van der Waals surface area contributed by atoms with Crippen molar-refractivity contribution < 1.29 is 4.39 Å². The van der Waals surface area contributed by atoms with Gasteiger partial charge in [-0.05, 0) is 49.4 Å². The predicted molar refractivity (Wildman–Crippen MR) is 132 cm³/mol. The second kappa shape index (κ2) is 10.2. The number of aromatic nitrogens is 3. The van der Waals surface area contributed by atoms with Crippen molar-refractivity contribution in [3.63, 3.8) is 0 Å². The molecule has 5 rings (SSSR count). The smallest absolute Gasteiger partial charge is 0.218 e. The van der Waals surface area contributed by atoms with Crippen LogP contribution in [0.3, 0.4) is 0 Å². The molecular weight excluding hydrogens is 437 g/mol. The largest absolute Gasteiger partial charge is 0.369 e. The average Bonchev–Trinajstić information content (AvgIpc) is 3.51. The van der Waals surface area contributed by atoms with Crippen LogP contribution < -0.4 is 9.80 Å². The fourth-order valence-corrected chi connectivity index (χ4v) is 5.60. The lowest BCUT2D eigenvalue weighted by molar-refractivity contribution is 0.246. The molecule has 0 saturated carbocycles. The Bertz CT molecular complexity index is 1020. The fraction of sp³-hybridized carbons (Fsp3) is 0.500. The minimum Gasteiger partial charge on any atom is -0.369 e. The van der Waals surface area contributed by atoms with Gasteiger partial charge in [0, 0.05) is 76.5 Å². The van der Waals surface area contributed by atoms with E-state index in [0.29, 0.717) is 0 Å². The molecule has 4 heterocycles. The van der Waals surface area contributed by atoms with Crippen LogP contribution in [-0.2, 0) is 6.54 Å². The summed E-state index contributed by atoms with van der Waals surface area (Å²) in [5.41, 5.74) is 2.33. The summed E-state index contributed by atoms with van der Waals surface area (Å²) in [6, 6.07) is 11.1. The van der Waals surface area contributed by atoms with Gasteiger partial charge >= 0.3 is 0 Å². The van der Waals surface area contributed by atoms with Crippen molar-refractivity contribution in [2.45, 2.75) is 19.9 Å². The number of rotatable bonds is 7. The van der Waals surface area contributed by atoms with Gasteiger partial charge in [-0.3, -0.25) is 14.4 Å². The summed E-state index contributed by atoms with van der Waals surface area (Å²) in [5, 5.41) is 11.0. The number of anilines is 2. The van der Waals surface area contributed by atoms with Gasteiger partial charge in [-0.2, -0.15) is 0 Å². The average molecular weight is 470 g/mol. The summed E-state index contributed by atoms with van der Waals surface area (Å²) in [5.74, 6) is -0.184. The number of nitrogens with zero attached hydrogens (tertiary/aromatic N) is 7. The number of halogens is 1. The highest BCUT2D eigenvalue weighted by molar-refractivity contribution is 7.17. The van der Waals surface area contributed by atoms with Crippen molar-refractivity contribution in [2.24, 2.45) is 0 Å². The maximum atomic E-state index is 13.2. The van der Waals surface area contributed by atoms with E-state index >= 15 is 0 Å². The zero-order valence-electron chi connectivity index (χ0n) is 19.2. The van der Waals surface area contributed by atoms with Gasteiger partial charge in [-0.25, -0.2) is 4.39 Å². The Balaban J connectivity index is 1.18. The molecule has 0 unspecified atom stereocenters. The van der Waals surface area contributed by atoms with Crippen LogP contribution in [0.4, 0.5) is 15.2 Å². The highest BCUT2D eigenvalue weighted by atomic mass is 32.1. The van der Waals surface area contributed by atoms with Gasteiger partial charge in [-0.15, -0.1) is 10.2 Å². The van der Waals surface area contributed by atoms with Gasteiger partial charge < -0.3 is 9.80 Å². The second-order valence-electron chi connectivity index (χ2n) is 8.81. The van der Waals surface area contributed by atoms with Crippen LogP contribution in [-0.4, -0.2) is 83.5 Å². The summed E-state index contributed by atoms with van der Waals surface area (Å²) in [6.07, 6.45) is 3.30. The highest BCUT2D eigenvalue weighted by Crippen LogP contribution is 2.26. The van der Waals surface area contributed by atoms with Crippen LogP contribution in [0, 0.1) is 5.82 Å². The van der Waals surface area contributed by atoms with E-state index in [0.717, 1.165) is 74.9 Å². The minimum atomic E-state index is -0.184. The maximum absolute atomic E-state index is 13.2. The molecule has 176 valence electrons. The predicted octanol–water partition coefficient (Wildman–Crippen LogP) is 3.32. The molecule has 0 radical (unpaired) electrons. The molecule has 0 amide bonds. The Labute approximate surface area is 199 Å².